The van der Waals surface area contributed by atoms with E-state index >= 15 is 0 Å². The predicted octanol–water partition coefficient (Wildman–Crippen LogP) is 0.124. The number of hydrogen-bond donors (Lipinski definition) is 1. The highest BCUT2D eigenvalue weighted by molar-refractivity contribution is 6.11. The maximum absolute atomic E-state index is 5.67. The molecule has 0 saturated carbocycles. The maximum atomic E-state index is 5.67. The fourth-order valence-electron chi connectivity index (χ4n) is 1.54. The van der Waals surface area contributed by atoms with Crippen molar-refractivity contribution in [1.82, 2.24) is 5.32 Å². The van der Waals surface area contributed by atoms with Gasteiger partial charge in [0, 0.05) is 6.00 Å². The molecular weight excluding hydrogens is 137 g/mol. The molecule has 0 radical (unpaired) electrons. The van der Waals surface area contributed by atoms with Crippen LogP contribution in [0.15, 0.2) is 0 Å². The molecule has 0 aromatic heterocycles. The number of ether oxygens (including phenoxy) is 1. The SMILES string of the molecule is BC1CCC(CCNCC)O1. The molecule has 2 nitrogen and oxygen atoms in total. The van der Waals surface area contributed by atoms with Gasteiger partial charge in [-0.05, 0) is 32.4 Å². The molecule has 0 aromatic carbocycles. The van der Waals surface area contributed by atoms with Gasteiger partial charge in [-0.3, -0.25) is 0 Å². The van der Waals surface area contributed by atoms with Crippen LogP contribution >= 0.6 is 0 Å². The summed E-state index contributed by atoms with van der Waals surface area (Å²) in [5.41, 5.74) is 0. The second kappa shape index (κ2) is 4.78. The van der Waals surface area contributed by atoms with Crippen LogP contribution in [0.25, 0.3) is 0 Å². The Bertz CT molecular complexity index is 110. The van der Waals surface area contributed by atoms with E-state index in [1.165, 1.54) is 19.3 Å². The number of nitrogens with one attached hydrogen (secondary N) is 1. The summed E-state index contributed by atoms with van der Waals surface area (Å²) in [5.74, 6) is 0. The third kappa shape index (κ3) is 3.26. The van der Waals surface area contributed by atoms with Crippen LogP contribution in [0.2, 0.25) is 0 Å². The molecule has 0 amide bonds. The lowest BCUT2D eigenvalue weighted by Gasteiger charge is -2.10. The molecule has 1 N–H and O–H groups in total. The van der Waals surface area contributed by atoms with Gasteiger partial charge in [0.15, 0.2) is 0 Å². The van der Waals surface area contributed by atoms with Crippen molar-refractivity contribution in [3.05, 3.63) is 0 Å². The summed E-state index contributed by atoms with van der Waals surface area (Å²) in [4.78, 5) is 0. The Hall–Kier alpha value is -0.0151. The van der Waals surface area contributed by atoms with Gasteiger partial charge in [0.2, 0.25) is 0 Å². The largest absolute Gasteiger partial charge is 0.384 e. The van der Waals surface area contributed by atoms with Crippen LogP contribution in [0.3, 0.4) is 0 Å². The fourth-order valence-corrected chi connectivity index (χ4v) is 1.54. The van der Waals surface area contributed by atoms with Crippen molar-refractivity contribution < 1.29 is 4.74 Å². The van der Waals surface area contributed by atoms with Gasteiger partial charge in [-0.1, -0.05) is 6.92 Å². The highest BCUT2D eigenvalue weighted by atomic mass is 16.5. The van der Waals surface area contributed by atoms with Gasteiger partial charge in [-0.2, -0.15) is 0 Å². The summed E-state index contributed by atoms with van der Waals surface area (Å²) in [6.07, 6.45) is 4.21. The average molecular weight is 155 g/mol. The predicted molar refractivity (Wildman–Crippen MR) is 49.6 cm³/mol. The van der Waals surface area contributed by atoms with E-state index in [0.717, 1.165) is 13.1 Å². The Balaban J connectivity index is 1.99. The summed E-state index contributed by atoms with van der Waals surface area (Å²) >= 11 is 0. The van der Waals surface area contributed by atoms with Crippen molar-refractivity contribution in [2.24, 2.45) is 0 Å². The minimum Gasteiger partial charge on any atom is -0.384 e. The van der Waals surface area contributed by atoms with Crippen LogP contribution < -0.4 is 5.32 Å². The molecule has 1 heterocycles. The van der Waals surface area contributed by atoms with E-state index in [1.54, 1.807) is 0 Å². The van der Waals surface area contributed by atoms with E-state index in [-0.39, 0.29) is 0 Å². The van der Waals surface area contributed by atoms with E-state index in [1.807, 2.05) is 0 Å². The first-order chi connectivity index (χ1) is 5.33. The molecule has 3 heteroatoms. The van der Waals surface area contributed by atoms with E-state index in [0.29, 0.717) is 12.1 Å². The first-order valence-corrected chi connectivity index (χ1v) is 4.69. The minimum atomic E-state index is 0.502. The third-order valence-electron chi connectivity index (χ3n) is 2.21. The summed E-state index contributed by atoms with van der Waals surface area (Å²) < 4.78 is 5.67. The zero-order valence-corrected chi connectivity index (χ0v) is 7.60. The molecule has 1 fully saturated rings. The zero-order chi connectivity index (χ0) is 8.10. The van der Waals surface area contributed by atoms with E-state index < -0.39 is 0 Å². The van der Waals surface area contributed by atoms with E-state index in [9.17, 15) is 0 Å². The second-order valence-electron chi connectivity index (χ2n) is 3.29. The topological polar surface area (TPSA) is 21.3 Å². The van der Waals surface area contributed by atoms with Gasteiger partial charge in [0.25, 0.3) is 0 Å². The minimum absolute atomic E-state index is 0.502. The lowest BCUT2D eigenvalue weighted by atomic mass is 9.97. The van der Waals surface area contributed by atoms with Crippen LogP contribution in [0.5, 0.6) is 0 Å². The summed E-state index contributed by atoms with van der Waals surface area (Å²) in [6.45, 7) is 4.31. The molecular formula is C8H18BNO. The van der Waals surface area contributed by atoms with Gasteiger partial charge in [-0.15, -0.1) is 0 Å². The normalized spacial score (nSPS) is 31.0. The second-order valence-corrected chi connectivity index (χ2v) is 3.29. The third-order valence-corrected chi connectivity index (χ3v) is 2.21. The van der Waals surface area contributed by atoms with Crippen molar-refractivity contribution in [2.45, 2.75) is 38.3 Å². The molecule has 2 atom stereocenters. The van der Waals surface area contributed by atoms with Crippen molar-refractivity contribution in [3.8, 4) is 0 Å². The Morgan fingerprint density at radius 2 is 2.36 bits per heavy atom. The summed E-state index contributed by atoms with van der Waals surface area (Å²) in [7, 11) is 2.16. The molecule has 0 spiro atoms. The van der Waals surface area contributed by atoms with Crippen LogP contribution in [-0.4, -0.2) is 33.0 Å². The van der Waals surface area contributed by atoms with Gasteiger partial charge in [0.1, 0.15) is 7.85 Å². The molecule has 1 rings (SSSR count). The Labute approximate surface area is 70.1 Å². The summed E-state index contributed by atoms with van der Waals surface area (Å²) in [5, 5.41) is 3.31. The molecule has 0 aliphatic carbocycles. The molecule has 0 aromatic rings. The van der Waals surface area contributed by atoms with Gasteiger partial charge in [0.05, 0.1) is 6.10 Å². The van der Waals surface area contributed by atoms with Crippen LogP contribution in [0.4, 0.5) is 0 Å². The maximum Gasteiger partial charge on any atom is 0.139 e. The first-order valence-electron chi connectivity index (χ1n) is 4.69. The Kier molecular flexibility index (Phi) is 3.94. The van der Waals surface area contributed by atoms with E-state index in [2.05, 4.69) is 20.1 Å². The first kappa shape index (κ1) is 9.08. The van der Waals surface area contributed by atoms with Crippen LogP contribution in [0.1, 0.15) is 26.2 Å². The van der Waals surface area contributed by atoms with Gasteiger partial charge in [-0.25, -0.2) is 0 Å². The Morgan fingerprint density at radius 1 is 1.55 bits per heavy atom. The van der Waals surface area contributed by atoms with Crippen molar-refractivity contribution in [1.29, 1.82) is 0 Å². The molecule has 0 bridgehead atoms. The van der Waals surface area contributed by atoms with Crippen molar-refractivity contribution in [3.63, 3.8) is 0 Å². The molecule has 64 valence electrons. The molecule has 1 aliphatic heterocycles. The molecule has 1 aliphatic rings. The van der Waals surface area contributed by atoms with Crippen molar-refractivity contribution >= 4 is 7.85 Å². The van der Waals surface area contributed by atoms with Gasteiger partial charge >= 0.3 is 0 Å². The quantitative estimate of drug-likeness (QED) is 0.460. The number of rotatable bonds is 4. The molecule has 11 heavy (non-hydrogen) atoms. The smallest absolute Gasteiger partial charge is 0.139 e. The standard InChI is InChI=1S/C8H18BNO/c1-2-10-6-5-7-3-4-8(9)11-7/h7-8,10H,2-6,9H2,1H3. The Morgan fingerprint density at radius 3 is 2.91 bits per heavy atom. The van der Waals surface area contributed by atoms with Crippen LogP contribution in [-0.2, 0) is 4.74 Å². The van der Waals surface area contributed by atoms with Crippen molar-refractivity contribution in [2.75, 3.05) is 13.1 Å². The summed E-state index contributed by atoms with van der Waals surface area (Å²) in [6, 6.07) is 0.502. The zero-order valence-electron chi connectivity index (χ0n) is 7.60. The lowest BCUT2D eigenvalue weighted by molar-refractivity contribution is 0.0823. The average Bonchev–Trinajstić information content (AvgIpc) is 2.37. The van der Waals surface area contributed by atoms with E-state index in [4.69, 9.17) is 4.74 Å². The monoisotopic (exact) mass is 155 g/mol. The highest BCUT2D eigenvalue weighted by Crippen LogP contribution is 2.19. The van der Waals surface area contributed by atoms with Crippen LogP contribution in [0, 0.1) is 0 Å². The molecule has 2 unspecified atom stereocenters. The molecule has 1 saturated heterocycles. The van der Waals surface area contributed by atoms with Gasteiger partial charge < -0.3 is 10.1 Å². The fraction of sp³-hybridized carbons (Fsp3) is 1.00. The lowest BCUT2D eigenvalue weighted by Crippen LogP contribution is -2.20. The highest BCUT2D eigenvalue weighted by Gasteiger charge is 2.20. The number of hydrogen-bond acceptors (Lipinski definition) is 2.